The SMILES string of the molecule is COCCOCCOCCOc1ccc(C#CCN)cc1. The van der Waals surface area contributed by atoms with Gasteiger partial charge >= 0.3 is 0 Å². The van der Waals surface area contributed by atoms with Crippen molar-refractivity contribution in [2.45, 2.75) is 0 Å². The van der Waals surface area contributed by atoms with Crippen molar-refractivity contribution >= 4 is 0 Å². The summed E-state index contributed by atoms with van der Waals surface area (Å²) in [5.74, 6) is 6.56. The van der Waals surface area contributed by atoms with Crippen molar-refractivity contribution in [3.63, 3.8) is 0 Å². The van der Waals surface area contributed by atoms with Gasteiger partial charge in [0.05, 0.1) is 39.6 Å². The first-order valence-electron chi connectivity index (χ1n) is 6.93. The lowest BCUT2D eigenvalue weighted by Crippen LogP contribution is -2.12. The van der Waals surface area contributed by atoms with Crippen LogP contribution in [0.5, 0.6) is 5.75 Å². The molecule has 0 aliphatic carbocycles. The predicted molar refractivity (Wildman–Crippen MR) is 81.4 cm³/mol. The number of hydrogen-bond acceptors (Lipinski definition) is 5. The van der Waals surface area contributed by atoms with Crippen LogP contribution in [0.15, 0.2) is 24.3 Å². The van der Waals surface area contributed by atoms with Crippen LogP contribution in [0.2, 0.25) is 0 Å². The van der Waals surface area contributed by atoms with E-state index in [1.165, 1.54) is 0 Å². The van der Waals surface area contributed by atoms with Gasteiger partial charge in [-0.25, -0.2) is 0 Å². The fourth-order valence-corrected chi connectivity index (χ4v) is 1.47. The van der Waals surface area contributed by atoms with Gasteiger partial charge in [-0.15, -0.1) is 0 Å². The Hall–Kier alpha value is -1.58. The fourth-order valence-electron chi connectivity index (χ4n) is 1.47. The molecule has 0 amide bonds. The first-order chi connectivity index (χ1) is 10.4. The van der Waals surface area contributed by atoms with Crippen LogP contribution in [-0.2, 0) is 14.2 Å². The molecule has 21 heavy (non-hydrogen) atoms. The molecule has 0 spiro atoms. The van der Waals surface area contributed by atoms with Gasteiger partial charge in [-0.3, -0.25) is 0 Å². The van der Waals surface area contributed by atoms with E-state index in [0.717, 1.165) is 11.3 Å². The maximum atomic E-state index is 5.55. The molecule has 0 aliphatic heterocycles. The molecule has 5 nitrogen and oxygen atoms in total. The van der Waals surface area contributed by atoms with Crippen LogP contribution in [0.3, 0.4) is 0 Å². The summed E-state index contributed by atoms with van der Waals surface area (Å²) in [6, 6.07) is 7.58. The van der Waals surface area contributed by atoms with E-state index in [2.05, 4.69) is 11.8 Å². The van der Waals surface area contributed by atoms with Gasteiger partial charge in [-0.05, 0) is 24.3 Å². The molecule has 0 saturated carbocycles. The molecule has 0 atom stereocenters. The average Bonchev–Trinajstić information content (AvgIpc) is 2.52. The lowest BCUT2D eigenvalue weighted by atomic mass is 10.2. The van der Waals surface area contributed by atoms with Gasteiger partial charge in [0.25, 0.3) is 0 Å². The van der Waals surface area contributed by atoms with Gasteiger partial charge in [0.2, 0.25) is 0 Å². The Morgan fingerprint density at radius 1 is 0.905 bits per heavy atom. The van der Waals surface area contributed by atoms with E-state index in [-0.39, 0.29) is 0 Å². The van der Waals surface area contributed by atoms with Crippen molar-refractivity contribution < 1.29 is 18.9 Å². The van der Waals surface area contributed by atoms with Gasteiger partial charge in [0.1, 0.15) is 12.4 Å². The van der Waals surface area contributed by atoms with E-state index in [0.29, 0.717) is 46.2 Å². The second-order valence-corrected chi connectivity index (χ2v) is 4.10. The largest absolute Gasteiger partial charge is 0.491 e. The van der Waals surface area contributed by atoms with Gasteiger partial charge in [0, 0.05) is 12.7 Å². The van der Waals surface area contributed by atoms with E-state index < -0.39 is 0 Å². The van der Waals surface area contributed by atoms with Gasteiger partial charge in [-0.2, -0.15) is 0 Å². The molecule has 0 bridgehead atoms. The van der Waals surface area contributed by atoms with E-state index >= 15 is 0 Å². The highest BCUT2D eigenvalue weighted by Gasteiger charge is 1.95. The van der Waals surface area contributed by atoms with Crippen LogP contribution in [-0.4, -0.2) is 53.3 Å². The highest BCUT2D eigenvalue weighted by atomic mass is 16.6. The number of nitrogens with two attached hydrogens (primary N) is 1. The number of benzene rings is 1. The molecule has 0 fully saturated rings. The third-order valence-electron chi connectivity index (χ3n) is 2.49. The van der Waals surface area contributed by atoms with Crippen molar-refractivity contribution in [2.75, 3.05) is 53.3 Å². The summed E-state index contributed by atoms with van der Waals surface area (Å²) in [5, 5.41) is 0. The first-order valence-corrected chi connectivity index (χ1v) is 6.93. The second-order valence-electron chi connectivity index (χ2n) is 4.10. The lowest BCUT2D eigenvalue weighted by Gasteiger charge is -2.07. The highest BCUT2D eigenvalue weighted by molar-refractivity contribution is 5.38. The van der Waals surface area contributed by atoms with Crippen LogP contribution in [0.25, 0.3) is 0 Å². The van der Waals surface area contributed by atoms with Gasteiger partial charge in [0.15, 0.2) is 0 Å². The molecule has 0 radical (unpaired) electrons. The Bertz CT molecular complexity index is 422. The van der Waals surface area contributed by atoms with Crippen LogP contribution in [0, 0.1) is 11.8 Å². The monoisotopic (exact) mass is 293 g/mol. The van der Waals surface area contributed by atoms with Crippen molar-refractivity contribution in [2.24, 2.45) is 5.73 Å². The third-order valence-corrected chi connectivity index (χ3v) is 2.49. The van der Waals surface area contributed by atoms with Crippen LogP contribution in [0.4, 0.5) is 0 Å². The molecule has 0 aliphatic rings. The predicted octanol–water partition coefficient (Wildman–Crippen LogP) is 1.06. The summed E-state index contributed by atoms with van der Waals surface area (Å²) < 4.78 is 21.1. The average molecular weight is 293 g/mol. The van der Waals surface area contributed by atoms with E-state index in [9.17, 15) is 0 Å². The maximum absolute atomic E-state index is 5.55. The Morgan fingerprint density at radius 2 is 1.52 bits per heavy atom. The van der Waals surface area contributed by atoms with Gasteiger partial charge in [-0.1, -0.05) is 11.8 Å². The minimum Gasteiger partial charge on any atom is -0.491 e. The number of ether oxygens (including phenoxy) is 4. The molecule has 0 unspecified atom stereocenters. The van der Waals surface area contributed by atoms with E-state index in [1.54, 1.807) is 7.11 Å². The molecule has 2 N–H and O–H groups in total. The van der Waals surface area contributed by atoms with Crippen molar-refractivity contribution in [1.82, 2.24) is 0 Å². The maximum Gasteiger partial charge on any atom is 0.119 e. The topological polar surface area (TPSA) is 62.9 Å². The summed E-state index contributed by atoms with van der Waals surface area (Å²) in [7, 11) is 1.65. The highest BCUT2D eigenvalue weighted by Crippen LogP contribution is 2.11. The van der Waals surface area contributed by atoms with Crippen LogP contribution in [0.1, 0.15) is 5.56 Å². The second kappa shape index (κ2) is 12.2. The zero-order valence-corrected chi connectivity index (χ0v) is 12.5. The van der Waals surface area contributed by atoms with Crippen LogP contribution < -0.4 is 10.5 Å². The van der Waals surface area contributed by atoms with E-state index in [1.807, 2.05) is 24.3 Å². The van der Waals surface area contributed by atoms with Crippen LogP contribution >= 0.6 is 0 Å². The Morgan fingerprint density at radius 3 is 2.14 bits per heavy atom. The van der Waals surface area contributed by atoms with Crippen molar-refractivity contribution in [3.8, 4) is 17.6 Å². The zero-order chi connectivity index (χ0) is 15.2. The number of hydrogen-bond donors (Lipinski definition) is 1. The minimum absolute atomic E-state index is 0.366. The molecule has 5 heteroatoms. The van der Waals surface area contributed by atoms with Gasteiger partial charge < -0.3 is 24.7 Å². The number of rotatable bonds is 10. The Kier molecular flexibility index (Phi) is 10.1. The molecule has 1 rings (SSSR count). The van der Waals surface area contributed by atoms with Crippen molar-refractivity contribution in [1.29, 1.82) is 0 Å². The zero-order valence-electron chi connectivity index (χ0n) is 12.5. The van der Waals surface area contributed by atoms with E-state index in [4.69, 9.17) is 24.7 Å². The summed E-state index contributed by atoms with van der Waals surface area (Å²) in [4.78, 5) is 0. The minimum atomic E-state index is 0.366. The summed E-state index contributed by atoms with van der Waals surface area (Å²) in [6.07, 6.45) is 0. The Labute approximate surface area is 126 Å². The van der Waals surface area contributed by atoms with Crippen molar-refractivity contribution in [3.05, 3.63) is 29.8 Å². The third kappa shape index (κ3) is 9.05. The molecular weight excluding hydrogens is 270 g/mol. The Balaban J connectivity index is 2.05. The summed E-state index contributed by atoms with van der Waals surface area (Å²) in [5.41, 5.74) is 6.25. The summed E-state index contributed by atoms with van der Waals surface area (Å²) in [6.45, 7) is 3.72. The lowest BCUT2D eigenvalue weighted by molar-refractivity contribution is 0.0180. The molecule has 1 aromatic rings. The molecule has 0 aromatic heterocycles. The molecule has 116 valence electrons. The smallest absolute Gasteiger partial charge is 0.119 e. The quantitative estimate of drug-likeness (QED) is 0.516. The fraction of sp³-hybridized carbons (Fsp3) is 0.500. The molecular formula is C16H23NO4. The first kappa shape index (κ1) is 17.5. The normalized spacial score (nSPS) is 10.0. The molecule has 0 heterocycles. The number of methoxy groups -OCH3 is 1. The summed E-state index contributed by atoms with van der Waals surface area (Å²) >= 11 is 0. The molecule has 0 saturated heterocycles. The molecule has 1 aromatic carbocycles. The standard InChI is InChI=1S/C16H23NO4/c1-18-9-10-19-11-12-20-13-14-21-16-6-4-15(5-7-16)3-2-8-17/h4-7H,8-14,17H2,1H3.